The molecule has 0 saturated carbocycles. The highest BCUT2D eigenvalue weighted by Gasteiger charge is 2.09. The van der Waals surface area contributed by atoms with E-state index in [0.717, 1.165) is 5.69 Å². The van der Waals surface area contributed by atoms with Crippen molar-refractivity contribution in [2.45, 2.75) is 0 Å². The van der Waals surface area contributed by atoms with Crippen LogP contribution in [0.3, 0.4) is 0 Å². The lowest BCUT2D eigenvalue weighted by Crippen LogP contribution is -1.90. The highest BCUT2D eigenvalue weighted by atomic mass is 14.9. The zero-order valence-electron chi connectivity index (χ0n) is 9.48. The number of nitrogens with zero attached hydrogens (tertiary/aromatic N) is 1. The van der Waals surface area contributed by atoms with Crippen LogP contribution in [-0.4, -0.2) is 4.57 Å². The Labute approximate surface area is 96.0 Å². The number of benzene rings is 1. The summed E-state index contributed by atoms with van der Waals surface area (Å²) in [5.74, 6) is 0. The lowest BCUT2D eigenvalue weighted by atomic mass is 10.1. The first-order valence-corrected chi connectivity index (χ1v) is 5.28. The van der Waals surface area contributed by atoms with Crippen molar-refractivity contribution in [1.82, 2.24) is 4.57 Å². The standard InChI is InChI=1S/C15H15N/c1-4-6-10-14-12(5-2)13-9-7-8-11-15(13)16(14)3/h4-11H,1-2H2,3H3/b10-6-. The maximum atomic E-state index is 3.89. The van der Waals surface area contributed by atoms with Gasteiger partial charge in [0.05, 0.1) is 0 Å². The van der Waals surface area contributed by atoms with Crippen LogP contribution in [0.2, 0.25) is 0 Å². The van der Waals surface area contributed by atoms with E-state index in [2.05, 4.69) is 55.1 Å². The molecule has 0 aliphatic rings. The Hall–Kier alpha value is -2.02. The number of rotatable bonds is 3. The molecule has 0 saturated heterocycles. The van der Waals surface area contributed by atoms with E-state index in [4.69, 9.17) is 0 Å². The lowest BCUT2D eigenvalue weighted by molar-refractivity contribution is 0.953. The molecule has 0 aliphatic carbocycles. The van der Waals surface area contributed by atoms with E-state index >= 15 is 0 Å². The van der Waals surface area contributed by atoms with Crippen LogP contribution >= 0.6 is 0 Å². The van der Waals surface area contributed by atoms with Crippen LogP contribution in [0.15, 0.2) is 49.6 Å². The zero-order valence-corrected chi connectivity index (χ0v) is 9.48. The van der Waals surface area contributed by atoms with Crippen molar-refractivity contribution in [3.8, 4) is 0 Å². The van der Waals surface area contributed by atoms with Crippen molar-refractivity contribution in [3.63, 3.8) is 0 Å². The first-order valence-electron chi connectivity index (χ1n) is 5.28. The predicted octanol–water partition coefficient (Wildman–Crippen LogP) is 4.02. The Morgan fingerprint density at radius 1 is 1.19 bits per heavy atom. The maximum absolute atomic E-state index is 3.89. The fourth-order valence-corrected chi connectivity index (χ4v) is 2.02. The molecule has 16 heavy (non-hydrogen) atoms. The molecule has 0 bridgehead atoms. The minimum Gasteiger partial charge on any atom is -0.344 e. The SMILES string of the molecule is C=C/C=C\c1c(C=C)c2ccccc2n1C. The van der Waals surface area contributed by atoms with Gasteiger partial charge in [0.25, 0.3) is 0 Å². The Balaban J connectivity index is 2.81. The smallest absolute Gasteiger partial charge is 0.0488 e. The van der Waals surface area contributed by atoms with Crippen LogP contribution in [0, 0.1) is 0 Å². The number of hydrogen-bond donors (Lipinski definition) is 0. The van der Waals surface area contributed by atoms with Gasteiger partial charge in [-0.1, -0.05) is 49.6 Å². The molecule has 0 N–H and O–H groups in total. The van der Waals surface area contributed by atoms with Gasteiger partial charge in [-0.3, -0.25) is 0 Å². The number of allylic oxidation sites excluding steroid dienone is 2. The Bertz CT molecular complexity index is 570. The molecule has 0 atom stereocenters. The fourth-order valence-electron chi connectivity index (χ4n) is 2.02. The highest BCUT2D eigenvalue weighted by Crippen LogP contribution is 2.27. The molecule has 1 heteroatoms. The van der Waals surface area contributed by atoms with Crippen molar-refractivity contribution in [2.75, 3.05) is 0 Å². The molecule has 1 aromatic carbocycles. The summed E-state index contributed by atoms with van der Waals surface area (Å²) in [7, 11) is 2.07. The average Bonchev–Trinajstić information content (AvgIpc) is 2.60. The van der Waals surface area contributed by atoms with Gasteiger partial charge in [-0.05, 0) is 12.1 Å². The summed E-state index contributed by atoms with van der Waals surface area (Å²) in [4.78, 5) is 0. The molecular weight excluding hydrogens is 194 g/mol. The zero-order chi connectivity index (χ0) is 11.5. The molecule has 2 rings (SSSR count). The topological polar surface area (TPSA) is 4.93 Å². The van der Waals surface area contributed by atoms with Crippen molar-refractivity contribution < 1.29 is 0 Å². The summed E-state index contributed by atoms with van der Waals surface area (Å²) in [6.07, 6.45) is 7.70. The molecule has 0 fully saturated rings. The largest absolute Gasteiger partial charge is 0.344 e. The van der Waals surface area contributed by atoms with Crippen LogP contribution in [-0.2, 0) is 7.05 Å². The molecule has 1 nitrogen and oxygen atoms in total. The minimum atomic E-state index is 1.16. The van der Waals surface area contributed by atoms with Gasteiger partial charge < -0.3 is 4.57 Å². The second-order valence-electron chi connectivity index (χ2n) is 3.67. The summed E-state index contributed by atoms with van der Waals surface area (Å²) in [5.41, 5.74) is 3.56. The van der Waals surface area contributed by atoms with E-state index in [0.29, 0.717) is 0 Å². The quantitative estimate of drug-likeness (QED) is 0.673. The van der Waals surface area contributed by atoms with Gasteiger partial charge in [0.2, 0.25) is 0 Å². The number of aryl methyl sites for hydroxylation is 1. The van der Waals surface area contributed by atoms with Crippen LogP contribution in [0.4, 0.5) is 0 Å². The molecule has 0 amide bonds. The van der Waals surface area contributed by atoms with Gasteiger partial charge in [0.1, 0.15) is 0 Å². The summed E-state index contributed by atoms with van der Waals surface area (Å²) in [6, 6.07) is 8.34. The maximum Gasteiger partial charge on any atom is 0.0488 e. The van der Waals surface area contributed by atoms with Gasteiger partial charge in [0, 0.05) is 29.2 Å². The van der Waals surface area contributed by atoms with E-state index in [9.17, 15) is 0 Å². The minimum absolute atomic E-state index is 1.16. The summed E-state index contributed by atoms with van der Waals surface area (Å²) in [5, 5.41) is 1.24. The highest BCUT2D eigenvalue weighted by molar-refractivity contribution is 5.93. The number of aromatic nitrogens is 1. The van der Waals surface area contributed by atoms with E-state index in [1.807, 2.05) is 12.2 Å². The Morgan fingerprint density at radius 3 is 2.62 bits per heavy atom. The summed E-state index contributed by atoms with van der Waals surface area (Å²) >= 11 is 0. The van der Waals surface area contributed by atoms with Crippen LogP contribution in [0.25, 0.3) is 23.1 Å². The number of hydrogen-bond acceptors (Lipinski definition) is 0. The first-order chi connectivity index (χ1) is 7.79. The predicted molar refractivity (Wildman–Crippen MR) is 72.2 cm³/mol. The molecule has 2 aromatic rings. The number of para-hydroxylation sites is 1. The molecule has 80 valence electrons. The van der Waals surface area contributed by atoms with Gasteiger partial charge in [0.15, 0.2) is 0 Å². The van der Waals surface area contributed by atoms with Crippen molar-refractivity contribution in [1.29, 1.82) is 0 Å². The number of fused-ring (bicyclic) bond motifs is 1. The molecule has 0 aliphatic heterocycles. The molecular formula is C15H15N. The van der Waals surface area contributed by atoms with E-state index in [-0.39, 0.29) is 0 Å². The van der Waals surface area contributed by atoms with Gasteiger partial charge >= 0.3 is 0 Å². The molecule has 0 radical (unpaired) electrons. The molecule has 1 aromatic heterocycles. The van der Waals surface area contributed by atoms with Crippen LogP contribution in [0.1, 0.15) is 11.3 Å². The van der Waals surface area contributed by atoms with Crippen LogP contribution < -0.4 is 0 Å². The van der Waals surface area contributed by atoms with Gasteiger partial charge in [-0.25, -0.2) is 0 Å². The molecule has 0 spiro atoms. The molecule has 0 unspecified atom stereocenters. The van der Waals surface area contributed by atoms with E-state index in [1.54, 1.807) is 6.08 Å². The van der Waals surface area contributed by atoms with Crippen molar-refractivity contribution in [2.24, 2.45) is 7.05 Å². The monoisotopic (exact) mass is 209 g/mol. The second kappa shape index (κ2) is 4.23. The Kier molecular flexibility index (Phi) is 2.78. The normalized spacial score (nSPS) is 11.1. The third kappa shape index (κ3) is 1.50. The summed E-state index contributed by atoms with van der Waals surface area (Å²) in [6.45, 7) is 7.58. The van der Waals surface area contributed by atoms with Crippen LogP contribution in [0.5, 0.6) is 0 Å². The second-order valence-corrected chi connectivity index (χ2v) is 3.67. The molecule has 1 heterocycles. The fraction of sp³-hybridized carbons (Fsp3) is 0.0667. The van der Waals surface area contributed by atoms with Crippen molar-refractivity contribution >= 4 is 23.1 Å². The van der Waals surface area contributed by atoms with E-state index < -0.39 is 0 Å². The first kappa shape index (κ1) is 10.5. The third-order valence-corrected chi connectivity index (χ3v) is 2.79. The van der Waals surface area contributed by atoms with Crippen molar-refractivity contribution in [3.05, 3.63) is 60.8 Å². The van der Waals surface area contributed by atoms with Gasteiger partial charge in [-0.15, -0.1) is 0 Å². The lowest BCUT2D eigenvalue weighted by Gasteiger charge is -1.99. The summed E-state index contributed by atoms with van der Waals surface area (Å²) < 4.78 is 2.17. The third-order valence-electron chi connectivity index (χ3n) is 2.79. The van der Waals surface area contributed by atoms with E-state index in [1.165, 1.54) is 16.5 Å². The average molecular weight is 209 g/mol. The Morgan fingerprint density at radius 2 is 1.94 bits per heavy atom. The van der Waals surface area contributed by atoms with Gasteiger partial charge in [-0.2, -0.15) is 0 Å².